The van der Waals surface area contributed by atoms with E-state index in [4.69, 9.17) is 0 Å². The zero-order valence-corrected chi connectivity index (χ0v) is 12.8. The summed E-state index contributed by atoms with van der Waals surface area (Å²) in [5, 5.41) is 2.97. The van der Waals surface area contributed by atoms with E-state index in [0.29, 0.717) is 0 Å². The lowest BCUT2D eigenvalue weighted by Gasteiger charge is -2.12. The summed E-state index contributed by atoms with van der Waals surface area (Å²) in [6, 6.07) is 9.87. The minimum absolute atomic E-state index is 0.0474. The molecule has 1 N–H and O–H groups in total. The van der Waals surface area contributed by atoms with Gasteiger partial charge in [-0.1, -0.05) is 12.1 Å². The van der Waals surface area contributed by atoms with Gasteiger partial charge in [0.05, 0.1) is 0 Å². The molecule has 0 radical (unpaired) electrons. The van der Waals surface area contributed by atoms with Crippen LogP contribution in [0.2, 0.25) is 0 Å². The Morgan fingerprint density at radius 2 is 1.45 bits per heavy atom. The molecule has 0 bridgehead atoms. The highest BCUT2D eigenvalue weighted by molar-refractivity contribution is 6.05. The van der Waals surface area contributed by atoms with Crippen molar-refractivity contribution >= 4 is 11.6 Å². The van der Waals surface area contributed by atoms with Crippen molar-refractivity contribution in [3.63, 3.8) is 0 Å². The predicted octanol–water partition coefficient (Wildman–Crippen LogP) is 4.48. The maximum atomic E-state index is 12.4. The van der Waals surface area contributed by atoms with E-state index < -0.39 is 0 Å². The lowest BCUT2D eigenvalue weighted by molar-refractivity contribution is 0.102. The largest absolute Gasteiger partial charge is 0.322 e. The van der Waals surface area contributed by atoms with Crippen LogP contribution in [0.15, 0.2) is 30.3 Å². The summed E-state index contributed by atoms with van der Waals surface area (Å²) < 4.78 is 0. The maximum absolute atomic E-state index is 12.4. The van der Waals surface area contributed by atoms with Crippen molar-refractivity contribution in [3.05, 3.63) is 63.7 Å². The van der Waals surface area contributed by atoms with Crippen LogP contribution in [0.5, 0.6) is 0 Å². The number of hydrogen-bond acceptors (Lipinski definition) is 1. The Morgan fingerprint density at radius 1 is 0.800 bits per heavy atom. The standard InChI is InChI=1S/C18H21NO/c1-11-6-8-16(10-13(11)3)19-18(20)17-9-7-12(2)14(4)15(17)5/h6-10H,1-5H3,(H,19,20). The predicted molar refractivity (Wildman–Crippen MR) is 84.5 cm³/mol. The summed E-state index contributed by atoms with van der Waals surface area (Å²) in [7, 11) is 0. The van der Waals surface area contributed by atoms with Crippen LogP contribution in [0.3, 0.4) is 0 Å². The van der Waals surface area contributed by atoms with Gasteiger partial charge in [0, 0.05) is 11.3 Å². The number of hydrogen-bond donors (Lipinski definition) is 1. The van der Waals surface area contributed by atoms with Crippen molar-refractivity contribution in [1.82, 2.24) is 0 Å². The first-order chi connectivity index (χ1) is 9.40. The summed E-state index contributed by atoms with van der Waals surface area (Å²) in [5.74, 6) is -0.0474. The van der Waals surface area contributed by atoms with Crippen molar-refractivity contribution < 1.29 is 4.79 Å². The van der Waals surface area contributed by atoms with Crippen LogP contribution in [0.1, 0.15) is 38.2 Å². The molecule has 0 atom stereocenters. The molecule has 2 aromatic carbocycles. The molecule has 0 spiro atoms. The molecule has 20 heavy (non-hydrogen) atoms. The minimum Gasteiger partial charge on any atom is -0.322 e. The fraction of sp³-hybridized carbons (Fsp3) is 0.278. The van der Waals surface area contributed by atoms with E-state index in [1.165, 1.54) is 22.3 Å². The molecule has 0 aromatic heterocycles. The van der Waals surface area contributed by atoms with E-state index in [1.807, 2.05) is 44.2 Å². The third kappa shape index (κ3) is 2.74. The van der Waals surface area contributed by atoms with E-state index in [9.17, 15) is 4.79 Å². The second-order valence-electron chi connectivity index (χ2n) is 5.43. The third-order valence-corrected chi connectivity index (χ3v) is 4.07. The summed E-state index contributed by atoms with van der Waals surface area (Å²) in [5.41, 5.74) is 7.43. The molecule has 2 heteroatoms. The van der Waals surface area contributed by atoms with Crippen molar-refractivity contribution in [1.29, 1.82) is 0 Å². The van der Waals surface area contributed by atoms with Crippen LogP contribution in [0.4, 0.5) is 5.69 Å². The Morgan fingerprint density at radius 3 is 2.10 bits per heavy atom. The quantitative estimate of drug-likeness (QED) is 0.854. The number of rotatable bonds is 2. The van der Waals surface area contributed by atoms with Crippen molar-refractivity contribution in [3.8, 4) is 0 Å². The van der Waals surface area contributed by atoms with Gasteiger partial charge < -0.3 is 5.32 Å². The molecule has 0 fully saturated rings. The maximum Gasteiger partial charge on any atom is 0.255 e. The molecule has 0 aliphatic heterocycles. The minimum atomic E-state index is -0.0474. The highest BCUT2D eigenvalue weighted by atomic mass is 16.1. The van der Waals surface area contributed by atoms with Crippen molar-refractivity contribution in [2.24, 2.45) is 0 Å². The van der Waals surface area contributed by atoms with Crippen LogP contribution < -0.4 is 5.32 Å². The summed E-state index contributed by atoms with van der Waals surface area (Å²) in [4.78, 5) is 12.4. The molecule has 0 aliphatic carbocycles. The molecule has 104 valence electrons. The molecule has 2 rings (SSSR count). The lowest BCUT2D eigenvalue weighted by atomic mass is 9.98. The zero-order valence-electron chi connectivity index (χ0n) is 12.8. The van der Waals surface area contributed by atoms with Gasteiger partial charge in [-0.25, -0.2) is 0 Å². The second kappa shape index (κ2) is 5.49. The summed E-state index contributed by atoms with van der Waals surface area (Å²) in [6.07, 6.45) is 0. The Hall–Kier alpha value is -2.09. The Kier molecular flexibility index (Phi) is 3.93. The molecule has 0 aliphatic rings. The van der Waals surface area contributed by atoms with Gasteiger partial charge in [0.1, 0.15) is 0 Å². The van der Waals surface area contributed by atoms with E-state index >= 15 is 0 Å². The fourth-order valence-corrected chi connectivity index (χ4v) is 2.22. The van der Waals surface area contributed by atoms with Crippen LogP contribution in [-0.2, 0) is 0 Å². The van der Waals surface area contributed by atoms with Gasteiger partial charge >= 0.3 is 0 Å². The molecular weight excluding hydrogens is 246 g/mol. The van der Waals surface area contributed by atoms with Gasteiger partial charge in [0.2, 0.25) is 0 Å². The number of aryl methyl sites for hydroxylation is 3. The van der Waals surface area contributed by atoms with Gasteiger partial charge in [-0.2, -0.15) is 0 Å². The Balaban J connectivity index is 2.28. The van der Waals surface area contributed by atoms with E-state index in [1.54, 1.807) is 0 Å². The number of anilines is 1. The van der Waals surface area contributed by atoms with E-state index in [2.05, 4.69) is 26.1 Å². The fourth-order valence-electron chi connectivity index (χ4n) is 2.22. The van der Waals surface area contributed by atoms with Crippen LogP contribution >= 0.6 is 0 Å². The summed E-state index contributed by atoms with van der Waals surface area (Å²) >= 11 is 0. The Bertz CT molecular complexity index is 671. The number of carbonyl (C=O) groups excluding carboxylic acids is 1. The van der Waals surface area contributed by atoms with Gasteiger partial charge in [-0.15, -0.1) is 0 Å². The van der Waals surface area contributed by atoms with Gasteiger partial charge in [-0.3, -0.25) is 4.79 Å². The number of nitrogens with one attached hydrogen (secondary N) is 1. The molecule has 0 heterocycles. The average molecular weight is 267 g/mol. The number of amides is 1. The van der Waals surface area contributed by atoms with Crippen LogP contribution in [-0.4, -0.2) is 5.91 Å². The first-order valence-electron chi connectivity index (χ1n) is 6.85. The van der Waals surface area contributed by atoms with E-state index in [0.717, 1.165) is 16.8 Å². The van der Waals surface area contributed by atoms with Gasteiger partial charge in [0.15, 0.2) is 0 Å². The molecule has 0 saturated heterocycles. The molecule has 2 aromatic rings. The summed E-state index contributed by atoms with van der Waals surface area (Å²) in [6.45, 7) is 10.2. The Labute approximate surface area is 120 Å². The average Bonchev–Trinajstić information content (AvgIpc) is 2.40. The van der Waals surface area contributed by atoms with Gasteiger partial charge in [-0.05, 0) is 80.6 Å². The monoisotopic (exact) mass is 267 g/mol. The highest BCUT2D eigenvalue weighted by Gasteiger charge is 2.12. The first-order valence-corrected chi connectivity index (χ1v) is 6.85. The van der Waals surface area contributed by atoms with Crippen molar-refractivity contribution in [2.45, 2.75) is 34.6 Å². The molecular formula is C18H21NO. The van der Waals surface area contributed by atoms with Crippen LogP contribution in [0.25, 0.3) is 0 Å². The number of carbonyl (C=O) groups is 1. The van der Waals surface area contributed by atoms with Gasteiger partial charge in [0.25, 0.3) is 5.91 Å². The zero-order chi connectivity index (χ0) is 14.9. The first kappa shape index (κ1) is 14.3. The third-order valence-electron chi connectivity index (χ3n) is 4.07. The normalized spacial score (nSPS) is 10.4. The van der Waals surface area contributed by atoms with E-state index in [-0.39, 0.29) is 5.91 Å². The van der Waals surface area contributed by atoms with Crippen LogP contribution in [0, 0.1) is 34.6 Å². The second-order valence-corrected chi connectivity index (χ2v) is 5.43. The number of benzene rings is 2. The smallest absolute Gasteiger partial charge is 0.255 e. The lowest BCUT2D eigenvalue weighted by Crippen LogP contribution is -2.14. The SMILES string of the molecule is Cc1ccc(NC(=O)c2ccc(C)c(C)c2C)cc1C. The molecule has 0 unspecified atom stereocenters. The molecule has 0 saturated carbocycles. The molecule has 2 nitrogen and oxygen atoms in total. The van der Waals surface area contributed by atoms with Crippen molar-refractivity contribution in [2.75, 3.05) is 5.32 Å². The highest BCUT2D eigenvalue weighted by Crippen LogP contribution is 2.20. The topological polar surface area (TPSA) is 29.1 Å². The molecule has 1 amide bonds.